The van der Waals surface area contributed by atoms with Crippen molar-refractivity contribution in [2.75, 3.05) is 11.9 Å². The summed E-state index contributed by atoms with van der Waals surface area (Å²) in [4.78, 5) is 4.56. The zero-order chi connectivity index (χ0) is 11.1. The number of rotatable bonds is 0. The van der Waals surface area contributed by atoms with Crippen molar-refractivity contribution in [3.05, 3.63) is 34.3 Å². The Bertz CT molecular complexity index is 556. The number of fused-ring (bicyclic) bond motifs is 2. The van der Waals surface area contributed by atoms with Gasteiger partial charge in [0.15, 0.2) is 0 Å². The van der Waals surface area contributed by atoms with E-state index in [2.05, 4.69) is 32.3 Å². The van der Waals surface area contributed by atoms with E-state index in [1.165, 1.54) is 0 Å². The average molecular weight is 279 g/mol. The maximum absolute atomic E-state index is 9.57. The Labute approximate surface area is 102 Å². The summed E-state index contributed by atoms with van der Waals surface area (Å²) < 4.78 is 1.03. The number of hydrogen-bond acceptors (Lipinski definition) is 3. The molecule has 16 heavy (non-hydrogen) atoms. The lowest BCUT2D eigenvalue weighted by Gasteiger charge is -2.21. The predicted octanol–water partition coefficient (Wildman–Crippen LogP) is 2.33. The second-order valence-electron chi connectivity index (χ2n) is 4.07. The number of anilines is 1. The third-order valence-electron chi connectivity index (χ3n) is 2.82. The van der Waals surface area contributed by atoms with Crippen LogP contribution in [0, 0.1) is 0 Å². The highest BCUT2D eigenvalue weighted by Crippen LogP contribution is 2.26. The number of halogens is 1. The summed E-state index contributed by atoms with van der Waals surface area (Å²) in [5.74, 6) is 0.899. The minimum atomic E-state index is -0.304. The maximum Gasteiger partial charge on any atom is 0.130 e. The van der Waals surface area contributed by atoms with E-state index >= 15 is 0 Å². The number of pyridine rings is 1. The van der Waals surface area contributed by atoms with Crippen molar-refractivity contribution in [1.29, 1.82) is 0 Å². The van der Waals surface area contributed by atoms with Crippen LogP contribution in [0.1, 0.15) is 5.56 Å². The van der Waals surface area contributed by atoms with Crippen LogP contribution < -0.4 is 5.32 Å². The molecule has 3 rings (SSSR count). The highest BCUT2D eigenvalue weighted by atomic mass is 79.9. The molecule has 0 saturated heterocycles. The van der Waals surface area contributed by atoms with E-state index in [4.69, 9.17) is 0 Å². The molecule has 1 atom stereocenters. The van der Waals surface area contributed by atoms with Gasteiger partial charge in [0.2, 0.25) is 0 Å². The summed E-state index contributed by atoms with van der Waals surface area (Å²) in [5.41, 5.74) is 2.06. The van der Waals surface area contributed by atoms with Gasteiger partial charge in [0.1, 0.15) is 5.82 Å². The van der Waals surface area contributed by atoms with Gasteiger partial charge in [-0.15, -0.1) is 0 Å². The van der Waals surface area contributed by atoms with Gasteiger partial charge in [-0.3, -0.25) is 0 Å². The second-order valence-corrected chi connectivity index (χ2v) is 4.99. The van der Waals surface area contributed by atoms with Gasteiger partial charge in [-0.2, -0.15) is 0 Å². The van der Waals surface area contributed by atoms with Crippen molar-refractivity contribution in [2.24, 2.45) is 0 Å². The fourth-order valence-electron chi connectivity index (χ4n) is 2.03. The zero-order valence-electron chi connectivity index (χ0n) is 8.57. The third-order valence-corrected chi connectivity index (χ3v) is 3.31. The van der Waals surface area contributed by atoms with Crippen LogP contribution in [0.25, 0.3) is 10.9 Å². The second kappa shape index (κ2) is 3.71. The van der Waals surface area contributed by atoms with Crippen LogP contribution in [0.15, 0.2) is 28.7 Å². The molecule has 2 aromatic rings. The van der Waals surface area contributed by atoms with Crippen LogP contribution in [0.2, 0.25) is 0 Å². The summed E-state index contributed by atoms with van der Waals surface area (Å²) in [6.07, 6.45) is 0.378. The Morgan fingerprint density at radius 1 is 1.38 bits per heavy atom. The van der Waals surface area contributed by atoms with Gasteiger partial charge in [0.05, 0.1) is 11.6 Å². The first kappa shape index (κ1) is 10.1. The molecule has 2 heterocycles. The number of nitrogens with zero attached hydrogens (tertiary/aromatic N) is 1. The van der Waals surface area contributed by atoms with Crippen LogP contribution in [-0.4, -0.2) is 22.7 Å². The maximum atomic E-state index is 9.57. The van der Waals surface area contributed by atoms with E-state index in [-0.39, 0.29) is 6.10 Å². The smallest absolute Gasteiger partial charge is 0.130 e. The minimum Gasteiger partial charge on any atom is -0.391 e. The SMILES string of the molecule is OC1CNc2nc3cc(Br)ccc3cc2C1. The Morgan fingerprint density at radius 3 is 3.12 bits per heavy atom. The molecule has 0 bridgehead atoms. The largest absolute Gasteiger partial charge is 0.391 e. The van der Waals surface area contributed by atoms with Crippen LogP contribution in [0.3, 0.4) is 0 Å². The van der Waals surface area contributed by atoms with Crippen LogP contribution >= 0.6 is 15.9 Å². The molecule has 0 aliphatic carbocycles. The van der Waals surface area contributed by atoms with E-state index < -0.39 is 0 Å². The molecular weight excluding hydrogens is 268 g/mol. The lowest BCUT2D eigenvalue weighted by molar-refractivity contribution is 0.184. The van der Waals surface area contributed by atoms with Gasteiger partial charge < -0.3 is 10.4 Å². The van der Waals surface area contributed by atoms with Crippen molar-refractivity contribution in [1.82, 2.24) is 4.98 Å². The highest BCUT2D eigenvalue weighted by molar-refractivity contribution is 9.10. The number of benzene rings is 1. The molecule has 0 amide bonds. The predicted molar refractivity (Wildman–Crippen MR) is 67.6 cm³/mol. The normalized spacial score (nSPS) is 19.2. The molecule has 2 N–H and O–H groups in total. The molecular formula is C12H11BrN2O. The van der Waals surface area contributed by atoms with Crippen LogP contribution in [-0.2, 0) is 6.42 Å². The zero-order valence-corrected chi connectivity index (χ0v) is 10.2. The summed E-state index contributed by atoms with van der Waals surface area (Å²) in [5, 5.41) is 13.8. The molecule has 1 unspecified atom stereocenters. The lowest BCUT2D eigenvalue weighted by atomic mass is 10.0. The van der Waals surface area contributed by atoms with E-state index in [1.807, 2.05) is 18.2 Å². The van der Waals surface area contributed by atoms with Gasteiger partial charge in [0.25, 0.3) is 0 Å². The Balaban J connectivity index is 2.19. The molecule has 1 aromatic heterocycles. The first-order valence-corrected chi connectivity index (χ1v) is 6.03. The molecule has 3 nitrogen and oxygen atoms in total. The van der Waals surface area contributed by atoms with Gasteiger partial charge in [-0.1, -0.05) is 22.0 Å². The number of aliphatic hydroxyl groups is 1. The first-order valence-electron chi connectivity index (χ1n) is 5.23. The van der Waals surface area contributed by atoms with Crippen molar-refractivity contribution >= 4 is 32.7 Å². The third kappa shape index (κ3) is 1.68. The van der Waals surface area contributed by atoms with E-state index in [1.54, 1.807) is 0 Å². The van der Waals surface area contributed by atoms with Crippen molar-refractivity contribution < 1.29 is 5.11 Å². The fourth-order valence-corrected chi connectivity index (χ4v) is 2.38. The van der Waals surface area contributed by atoms with Crippen molar-refractivity contribution in [3.63, 3.8) is 0 Å². The number of β-amino-alcohol motifs (C(OH)–C–C–N with tert-alkyl or cyclic N) is 1. The quantitative estimate of drug-likeness (QED) is 0.778. The molecule has 1 aromatic carbocycles. The molecule has 82 valence electrons. The molecule has 4 heteroatoms. The van der Waals surface area contributed by atoms with Gasteiger partial charge >= 0.3 is 0 Å². The summed E-state index contributed by atoms with van der Waals surface area (Å²) >= 11 is 3.44. The average Bonchev–Trinajstić information content (AvgIpc) is 2.26. The molecule has 1 aliphatic rings. The summed E-state index contributed by atoms with van der Waals surface area (Å²) in [6.45, 7) is 0.583. The number of aliphatic hydroxyl groups excluding tert-OH is 1. The van der Waals surface area contributed by atoms with Gasteiger partial charge in [0, 0.05) is 22.8 Å². The standard InChI is InChI=1S/C12H11BrN2O/c13-9-2-1-7-3-8-4-10(16)6-14-12(8)15-11(7)5-9/h1-3,5,10,16H,4,6H2,(H,14,15). The number of hydrogen-bond donors (Lipinski definition) is 2. The monoisotopic (exact) mass is 278 g/mol. The Morgan fingerprint density at radius 2 is 2.25 bits per heavy atom. The minimum absolute atomic E-state index is 0.304. The molecule has 0 saturated carbocycles. The summed E-state index contributed by atoms with van der Waals surface area (Å²) in [7, 11) is 0. The Kier molecular flexibility index (Phi) is 2.33. The van der Waals surface area contributed by atoms with E-state index in [9.17, 15) is 5.11 Å². The number of nitrogens with one attached hydrogen (secondary N) is 1. The number of aromatic nitrogens is 1. The molecule has 0 fully saturated rings. The summed E-state index contributed by atoms with van der Waals surface area (Å²) in [6, 6.07) is 8.14. The van der Waals surface area contributed by atoms with Crippen LogP contribution in [0.4, 0.5) is 5.82 Å². The van der Waals surface area contributed by atoms with Gasteiger partial charge in [-0.25, -0.2) is 4.98 Å². The fraction of sp³-hybridized carbons (Fsp3) is 0.250. The molecule has 1 aliphatic heterocycles. The Hall–Kier alpha value is -1.13. The van der Waals surface area contributed by atoms with Crippen LogP contribution in [0.5, 0.6) is 0 Å². The van der Waals surface area contributed by atoms with E-state index in [0.717, 1.165) is 26.8 Å². The molecule has 0 spiro atoms. The molecule has 0 radical (unpaired) electrons. The topological polar surface area (TPSA) is 45.1 Å². The highest BCUT2D eigenvalue weighted by Gasteiger charge is 2.17. The van der Waals surface area contributed by atoms with Crippen molar-refractivity contribution in [3.8, 4) is 0 Å². The van der Waals surface area contributed by atoms with E-state index in [0.29, 0.717) is 13.0 Å². The first-order chi connectivity index (χ1) is 7.72. The van der Waals surface area contributed by atoms with Gasteiger partial charge in [-0.05, 0) is 23.8 Å². The van der Waals surface area contributed by atoms with Crippen molar-refractivity contribution in [2.45, 2.75) is 12.5 Å². The lowest BCUT2D eigenvalue weighted by Crippen LogP contribution is -2.28.